The molecule has 0 saturated carbocycles. The minimum atomic E-state index is 0.224. The third kappa shape index (κ3) is 1.16. The van der Waals surface area contributed by atoms with E-state index in [1.165, 1.54) is 10.4 Å². The molecule has 3 rings (SSSR count). The summed E-state index contributed by atoms with van der Waals surface area (Å²) in [6, 6.07) is 0. The molecule has 0 spiro atoms. The summed E-state index contributed by atoms with van der Waals surface area (Å²) in [5.41, 5.74) is 4.11. The first-order valence-electron chi connectivity index (χ1n) is 5.19. The highest BCUT2D eigenvalue weighted by Gasteiger charge is 2.30. The Hall–Kier alpha value is -1.22. The Bertz CT molecular complexity index is 508. The number of thiophene rings is 1. The van der Waals surface area contributed by atoms with Gasteiger partial charge in [0.1, 0.15) is 0 Å². The van der Waals surface area contributed by atoms with Crippen LogP contribution in [0.2, 0.25) is 0 Å². The number of hydrogen-bond donors (Lipinski definition) is 0. The van der Waals surface area contributed by atoms with Crippen LogP contribution in [0.5, 0.6) is 0 Å². The molecule has 2 heterocycles. The third-order valence-electron chi connectivity index (χ3n) is 3.04. The Kier molecular flexibility index (Phi) is 1.89. The van der Waals surface area contributed by atoms with E-state index in [-0.39, 0.29) is 5.78 Å². The number of hydrogen-bond acceptors (Lipinski definition) is 3. The zero-order valence-corrected chi connectivity index (χ0v) is 9.36. The molecular formula is C12H11NOS. The summed E-state index contributed by atoms with van der Waals surface area (Å²) in [4.78, 5) is 17.7. The third-order valence-corrected chi connectivity index (χ3v) is 4.08. The summed E-state index contributed by atoms with van der Waals surface area (Å²) in [6.45, 7) is 2.10. The summed E-state index contributed by atoms with van der Waals surface area (Å²) < 4.78 is 0. The number of fused-ring (bicyclic) bond motifs is 1. The van der Waals surface area contributed by atoms with Crippen LogP contribution in [0.15, 0.2) is 21.6 Å². The minimum Gasteiger partial charge on any atom is -0.289 e. The molecule has 2 aliphatic rings. The van der Waals surface area contributed by atoms with Crippen LogP contribution >= 0.6 is 11.3 Å². The zero-order valence-electron chi connectivity index (χ0n) is 8.54. The van der Waals surface area contributed by atoms with Crippen molar-refractivity contribution in [3.05, 3.63) is 32.7 Å². The molecule has 1 aromatic heterocycles. The number of rotatable bonds is 1. The molecule has 1 aromatic rings. The highest BCUT2D eigenvalue weighted by molar-refractivity contribution is 7.10. The molecule has 0 radical (unpaired) electrons. The smallest absolute Gasteiger partial charge is 0.192 e. The first kappa shape index (κ1) is 9.04. The maximum Gasteiger partial charge on any atom is 0.192 e. The maximum absolute atomic E-state index is 12.2. The van der Waals surface area contributed by atoms with E-state index in [0.29, 0.717) is 0 Å². The van der Waals surface area contributed by atoms with Crippen LogP contribution in [0.4, 0.5) is 0 Å². The topological polar surface area (TPSA) is 29.4 Å². The van der Waals surface area contributed by atoms with Crippen LogP contribution in [0.1, 0.15) is 34.1 Å². The van der Waals surface area contributed by atoms with Crippen LogP contribution in [0.3, 0.4) is 0 Å². The predicted molar refractivity (Wildman–Crippen MR) is 61.9 cm³/mol. The van der Waals surface area contributed by atoms with Crippen LogP contribution in [-0.4, -0.2) is 12.0 Å². The number of aryl methyl sites for hydroxylation is 1. The predicted octanol–water partition coefficient (Wildman–Crippen LogP) is 2.78. The number of Topliss-reactive ketones (excluding diaryl/α,β-unsaturated/α-hetero) is 1. The van der Waals surface area contributed by atoms with Gasteiger partial charge in [-0.15, -0.1) is 11.3 Å². The number of ketones is 1. The summed E-state index contributed by atoms with van der Waals surface area (Å²) in [6.07, 6.45) is 4.38. The maximum atomic E-state index is 12.2. The molecular weight excluding hydrogens is 206 g/mol. The molecule has 0 fully saturated rings. The average molecular weight is 217 g/mol. The molecule has 0 bridgehead atoms. The first-order chi connectivity index (χ1) is 7.31. The molecule has 0 aromatic carbocycles. The van der Waals surface area contributed by atoms with E-state index in [4.69, 9.17) is 0 Å². The Morgan fingerprint density at radius 2 is 2.40 bits per heavy atom. The fourth-order valence-electron chi connectivity index (χ4n) is 2.22. The van der Waals surface area contributed by atoms with Gasteiger partial charge in [-0.1, -0.05) is 6.92 Å². The number of nitrogens with zero attached hydrogens (tertiary/aromatic N) is 1. The van der Waals surface area contributed by atoms with Crippen molar-refractivity contribution in [2.45, 2.75) is 26.2 Å². The van der Waals surface area contributed by atoms with E-state index in [2.05, 4.69) is 17.3 Å². The molecule has 0 amide bonds. The van der Waals surface area contributed by atoms with Crippen molar-refractivity contribution in [2.75, 3.05) is 0 Å². The molecule has 0 N–H and O–H groups in total. The second-order valence-corrected chi connectivity index (χ2v) is 4.82. The monoisotopic (exact) mass is 217 g/mol. The van der Waals surface area contributed by atoms with E-state index < -0.39 is 0 Å². The van der Waals surface area contributed by atoms with Gasteiger partial charge in [0.05, 0.1) is 5.70 Å². The van der Waals surface area contributed by atoms with Gasteiger partial charge in [-0.2, -0.15) is 0 Å². The van der Waals surface area contributed by atoms with Gasteiger partial charge >= 0.3 is 0 Å². The Labute approximate surface area is 92.3 Å². The molecule has 1 aliphatic carbocycles. The highest BCUT2D eigenvalue weighted by atomic mass is 32.1. The highest BCUT2D eigenvalue weighted by Crippen LogP contribution is 2.36. The second kappa shape index (κ2) is 3.14. The minimum absolute atomic E-state index is 0.224. The number of carbonyl (C=O) groups excluding carboxylic acids is 1. The summed E-state index contributed by atoms with van der Waals surface area (Å²) in [7, 11) is 0. The summed E-state index contributed by atoms with van der Waals surface area (Å²) in [5, 5.41) is 2.12. The molecule has 1 aliphatic heterocycles. The number of allylic oxidation sites excluding steroid dienone is 2. The Balaban J connectivity index is 2.15. The van der Waals surface area contributed by atoms with Crippen molar-refractivity contribution < 1.29 is 4.79 Å². The van der Waals surface area contributed by atoms with Gasteiger partial charge in [-0.3, -0.25) is 9.79 Å². The molecule has 0 atom stereocenters. The van der Waals surface area contributed by atoms with Crippen molar-refractivity contribution in [1.29, 1.82) is 0 Å². The quantitative estimate of drug-likeness (QED) is 0.711. The largest absolute Gasteiger partial charge is 0.289 e. The van der Waals surface area contributed by atoms with E-state index >= 15 is 0 Å². The van der Waals surface area contributed by atoms with Crippen LogP contribution in [-0.2, 0) is 12.8 Å². The Morgan fingerprint density at radius 3 is 3.20 bits per heavy atom. The Morgan fingerprint density at radius 1 is 1.53 bits per heavy atom. The van der Waals surface area contributed by atoms with Crippen molar-refractivity contribution >= 4 is 23.3 Å². The summed E-state index contributed by atoms with van der Waals surface area (Å²) in [5.74, 6) is 0.224. The van der Waals surface area contributed by atoms with Crippen molar-refractivity contribution in [1.82, 2.24) is 0 Å². The molecule has 0 unspecified atom stereocenters. The molecule has 76 valence electrons. The lowest BCUT2D eigenvalue weighted by atomic mass is 9.90. The lowest BCUT2D eigenvalue weighted by molar-refractivity contribution is 0.102. The average Bonchev–Trinajstić information content (AvgIpc) is 2.83. The van der Waals surface area contributed by atoms with E-state index in [9.17, 15) is 4.79 Å². The van der Waals surface area contributed by atoms with Gasteiger partial charge in [0.15, 0.2) is 5.78 Å². The number of aliphatic imine (C=N–C) groups is 1. The SMILES string of the molecule is CCc1csc2c1C(=O)C1=C(C2)N=CC1. The van der Waals surface area contributed by atoms with Gasteiger partial charge in [0, 0.05) is 35.1 Å². The van der Waals surface area contributed by atoms with Crippen molar-refractivity contribution in [3.63, 3.8) is 0 Å². The normalized spacial score (nSPS) is 18.3. The van der Waals surface area contributed by atoms with Crippen LogP contribution in [0, 0.1) is 0 Å². The fraction of sp³-hybridized carbons (Fsp3) is 0.333. The lowest BCUT2D eigenvalue weighted by Gasteiger charge is -2.13. The van der Waals surface area contributed by atoms with Crippen LogP contribution < -0.4 is 0 Å². The van der Waals surface area contributed by atoms with Gasteiger partial charge in [-0.25, -0.2) is 0 Å². The van der Waals surface area contributed by atoms with Gasteiger partial charge in [0.25, 0.3) is 0 Å². The molecule has 0 saturated heterocycles. The van der Waals surface area contributed by atoms with Crippen molar-refractivity contribution in [3.8, 4) is 0 Å². The molecule has 15 heavy (non-hydrogen) atoms. The van der Waals surface area contributed by atoms with Crippen LogP contribution in [0.25, 0.3) is 0 Å². The van der Waals surface area contributed by atoms with Gasteiger partial charge < -0.3 is 0 Å². The van der Waals surface area contributed by atoms with E-state index in [1.54, 1.807) is 11.3 Å². The first-order valence-corrected chi connectivity index (χ1v) is 6.07. The van der Waals surface area contributed by atoms with E-state index in [0.717, 1.165) is 36.1 Å². The second-order valence-electron chi connectivity index (χ2n) is 3.86. The molecule has 3 heteroatoms. The summed E-state index contributed by atoms with van der Waals surface area (Å²) >= 11 is 1.70. The van der Waals surface area contributed by atoms with Crippen molar-refractivity contribution in [2.24, 2.45) is 4.99 Å². The van der Waals surface area contributed by atoms with Gasteiger partial charge in [-0.05, 0) is 17.4 Å². The standard InChI is InChI=1S/C12H11NOS/c1-2-7-6-15-10-5-9-8(3-4-13-9)12(14)11(7)10/h4,6H,2-3,5H2,1H3. The zero-order chi connectivity index (χ0) is 10.4. The number of carbonyl (C=O) groups is 1. The van der Waals surface area contributed by atoms with E-state index in [1.807, 2.05) is 6.21 Å². The fourth-order valence-corrected chi connectivity index (χ4v) is 3.35. The van der Waals surface area contributed by atoms with Gasteiger partial charge in [0.2, 0.25) is 0 Å². The molecule has 2 nitrogen and oxygen atoms in total. The lowest BCUT2D eigenvalue weighted by Crippen LogP contribution is -2.13.